The maximum absolute atomic E-state index is 6.23. The molecule has 0 aliphatic rings. The second kappa shape index (κ2) is 7.78. The second-order valence-electron chi connectivity index (χ2n) is 5.21. The summed E-state index contributed by atoms with van der Waals surface area (Å²) in [5.74, 6) is 1.74. The Morgan fingerprint density at radius 2 is 2.14 bits per heavy atom. The molecule has 0 unspecified atom stereocenters. The van der Waals surface area contributed by atoms with E-state index >= 15 is 0 Å². The molecule has 0 fully saturated rings. The van der Waals surface area contributed by atoms with Crippen LogP contribution >= 0.6 is 27.5 Å². The number of pyridine rings is 1. The fourth-order valence-electron chi connectivity index (χ4n) is 1.78. The van der Waals surface area contributed by atoms with Crippen molar-refractivity contribution in [3.63, 3.8) is 0 Å². The van der Waals surface area contributed by atoms with Crippen molar-refractivity contribution in [2.24, 2.45) is 5.92 Å². The third-order valence-electron chi connectivity index (χ3n) is 2.76. The predicted octanol–water partition coefficient (Wildman–Crippen LogP) is 5.04. The van der Waals surface area contributed by atoms with Gasteiger partial charge in [-0.1, -0.05) is 47.4 Å². The summed E-state index contributed by atoms with van der Waals surface area (Å²) in [5, 5.41) is 3.87. The first kappa shape index (κ1) is 16.3. The van der Waals surface area contributed by atoms with Crippen molar-refractivity contribution in [2.45, 2.75) is 20.4 Å². The van der Waals surface area contributed by atoms with E-state index in [-0.39, 0.29) is 0 Å². The van der Waals surface area contributed by atoms with Gasteiger partial charge in [-0.25, -0.2) is 4.98 Å². The van der Waals surface area contributed by atoms with Crippen LogP contribution in [0.5, 0.6) is 11.6 Å². The monoisotopic (exact) mass is 368 g/mol. The molecule has 0 saturated heterocycles. The highest BCUT2D eigenvalue weighted by molar-refractivity contribution is 9.10. The molecular weight excluding hydrogens is 352 g/mol. The molecule has 0 aliphatic carbocycles. The van der Waals surface area contributed by atoms with Crippen LogP contribution in [0.25, 0.3) is 0 Å². The Kier molecular flexibility index (Phi) is 6.03. The molecule has 0 amide bonds. The molecule has 1 aromatic heterocycles. The summed E-state index contributed by atoms with van der Waals surface area (Å²) in [6, 6.07) is 9.45. The number of halogens is 2. The molecule has 1 heterocycles. The molecule has 2 aromatic rings. The minimum absolute atomic E-state index is 0.419. The van der Waals surface area contributed by atoms with E-state index in [0.29, 0.717) is 22.6 Å². The highest BCUT2D eigenvalue weighted by Crippen LogP contribution is 2.29. The van der Waals surface area contributed by atoms with Crippen LogP contribution in [0.2, 0.25) is 5.02 Å². The number of hydrogen-bond acceptors (Lipinski definition) is 3. The molecule has 1 N–H and O–H groups in total. The van der Waals surface area contributed by atoms with E-state index in [2.05, 4.69) is 40.1 Å². The smallest absolute Gasteiger partial charge is 0.238 e. The molecule has 0 saturated carbocycles. The van der Waals surface area contributed by atoms with Crippen LogP contribution in [0.3, 0.4) is 0 Å². The highest BCUT2D eigenvalue weighted by Gasteiger charge is 2.07. The van der Waals surface area contributed by atoms with Gasteiger partial charge in [0, 0.05) is 17.2 Å². The Labute approximate surface area is 138 Å². The summed E-state index contributed by atoms with van der Waals surface area (Å²) in [7, 11) is 0. The maximum Gasteiger partial charge on any atom is 0.238 e. The van der Waals surface area contributed by atoms with Crippen LogP contribution in [0, 0.1) is 5.92 Å². The lowest BCUT2D eigenvalue weighted by Crippen LogP contribution is -2.19. The Hall–Kier alpha value is -1.10. The summed E-state index contributed by atoms with van der Waals surface area (Å²) >= 11 is 9.64. The minimum Gasteiger partial charge on any atom is -0.438 e. The Balaban J connectivity index is 2.02. The van der Waals surface area contributed by atoms with Crippen molar-refractivity contribution in [1.82, 2.24) is 10.3 Å². The van der Waals surface area contributed by atoms with Crippen molar-refractivity contribution in [3.05, 3.63) is 51.6 Å². The van der Waals surface area contributed by atoms with Gasteiger partial charge < -0.3 is 10.1 Å². The molecule has 112 valence electrons. The Bertz CT molecular complexity index is 605. The first-order valence-corrected chi connectivity index (χ1v) is 8.00. The fourth-order valence-corrected chi connectivity index (χ4v) is 2.39. The van der Waals surface area contributed by atoms with Gasteiger partial charge in [-0.05, 0) is 42.3 Å². The minimum atomic E-state index is 0.419. The molecule has 0 spiro atoms. The summed E-state index contributed by atoms with van der Waals surface area (Å²) in [5.41, 5.74) is 1.04. The SMILES string of the molecule is CC(C)CNCc1cnc(Oc2cccc(Br)c2)c(Cl)c1. The number of rotatable bonds is 6. The predicted molar refractivity (Wildman–Crippen MR) is 90.0 cm³/mol. The standard InChI is InChI=1S/C16H18BrClN2O/c1-11(2)8-19-9-12-6-15(18)16(20-10-12)21-14-5-3-4-13(17)7-14/h3-7,10-11,19H,8-9H2,1-2H3. The van der Waals surface area contributed by atoms with Crippen LogP contribution in [-0.2, 0) is 6.54 Å². The number of benzene rings is 1. The fraction of sp³-hybridized carbons (Fsp3) is 0.312. The summed E-state index contributed by atoms with van der Waals surface area (Å²) in [6.45, 7) is 6.07. The number of aromatic nitrogens is 1. The van der Waals surface area contributed by atoms with Crippen LogP contribution in [0.4, 0.5) is 0 Å². The van der Waals surface area contributed by atoms with E-state index in [1.165, 1.54) is 0 Å². The van der Waals surface area contributed by atoms with Crippen molar-refractivity contribution < 1.29 is 4.74 Å². The molecule has 0 bridgehead atoms. The zero-order valence-corrected chi connectivity index (χ0v) is 14.4. The second-order valence-corrected chi connectivity index (χ2v) is 6.54. The van der Waals surface area contributed by atoms with E-state index in [0.717, 1.165) is 23.1 Å². The average Bonchev–Trinajstić information content (AvgIpc) is 2.41. The number of ether oxygens (including phenoxy) is 1. The van der Waals surface area contributed by atoms with Crippen LogP contribution < -0.4 is 10.1 Å². The summed E-state index contributed by atoms with van der Waals surface area (Å²) < 4.78 is 6.64. The maximum atomic E-state index is 6.23. The molecule has 1 aromatic carbocycles. The quantitative estimate of drug-likeness (QED) is 0.775. The van der Waals surface area contributed by atoms with E-state index in [1.807, 2.05) is 30.3 Å². The molecule has 3 nitrogen and oxygen atoms in total. The zero-order chi connectivity index (χ0) is 15.2. The van der Waals surface area contributed by atoms with Gasteiger partial charge in [-0.15, -0.1) is 0 Å². The number of hydrogen-bond donors (Lipinski definition) is 1. The van der Waals surface area contributed by atoms with Gasteiger partial charge in [-0.3, -0.25) is 0 Å². The van der Waals surface area contributed by atoms with Gasteiger partial charge in [0.15, 0.2) is 0 Å². The normalized spacial score (nSPS) is 10.9. The van der Waals surface area contributed by atoms with E-state index < -0.39 is 0 Å². The Morgan fingerprint density at radius 1 is 1.33 bits per heavy atom. The molecule has 0 radical (unpaired) electrons. The molecule has 5 heteroatoms. The van der Waals surface area contributed by atoms with Crippen molar-refractivity contribution in [2.75, 3.05) is 6.54 Å². The molecular formula is C16H18BrClN2O. The molecule has 21 heavy (non-hydrogen) atoms. The topological polar surface area (TPSA) is 34.2 Å². The van der Waals surface area contributed by atoms with Gasteiger partial charge in [0.25, 0.3) is 0 Å². The van der Waals surface area contributed by atoms with Crippen molar-refractivity contribution in [1.29, 1.82) is 0 Å². The average molecular weight is 370 g/mol. The highest BCUT2D eigenvalue weighted by atomic mass is 79.9. The zero-order valence-electron chi connectivity index (χ0n) is 12.1. The molecule has 0 aliphatic heterocycles. The van der Waals surface area contributed by atoms with Crippen molar-refractivity contribution >= 4 is 27.5 Å². The lowest BCUT2D eigenvalue weighted by atomic mass is 10.2. The third kappa shape index (κ3) is 5.30. The molecule has 0 atom stereocenters. The van der Waals surface area contributed by atoms with Crippen LogP contribution in [-0.4, -0.2) is 11.5 Å². The lowest BCUT2D eigenvalue weighted by Gasteiger charge is -2.10. The van der Waals surface area contributed by atoms with Crippen molar-refractivity contribution in [3.8, 4) is 11.6 Å². The Morgan fingerprint density at radius 3 is 2.81 bits per heavy atom. The van der Waals surface area contributed by atoms with Crippen LogP contribution in [0.15, 0.2) is 41.0 Å². The first-order chi connectivity index (χ1) is 10.0. The number of nitrogens with one attached hydrogen (secondary N) is 1. The van der Waals surface area contributed by atoms with E-state index in [1.54, 1.807) is 6.20 Å². The summed E-state index contributed by atoms with van der Waals surface area (Å²) in [6.07, 6.45) is 1.78. The van der Waals surface area contributed by atoms with Gasteiger partial charge in [0.05, 0.1) is 0 Å². The molecule has 2 rings (SSSR count). The van der Waals surface area contributed by atoms with Crippen LogP contribution in [0.1, 0.15) is 19.4 Å². The van der Waals surface area contributed by atoms with Gasteiger partial charge in [0.1, 0.15) is 10.8 Å². The van der Waals surface area contributed by atoms with Gasteiger partial charge in [-0.2, -0.15) is 0 Å². The van der Waals surface area contributed by atoms with Gasteiger partial charge >= 0.3 is 0 Å². The lowest BCUT2D eigenvalue weighted by molar-refractivity contribution is 0.462. The van der Waals surface area contributed by atoms with E-state index in [9.17, 15) is 0 Å². The third-order valence-corrected chi connectivity index (χ3v) is 3.52. The van der Waals surface area contributed by atoms with Gasteiger partial charge in [0.2, 0.25) is 5.88 Å². The number of nitrogens with zero attached hydrogens (tertiary/aromatic N) is 1. The van der Waals surface area contributed by atoms with E-state index in [4.69, 9.17) is 16.3 Å². The summed E-state index contributed by atoms with van der Waals surface area (Å²) in [4.78, 5) is 4.29. The largest absolute Gasteiger partial charge is 0.438 e. The first-order valence-electron chi connectivity index (χ1n) is 6.83.